The highest BCUT2D eigenvalue weighted by Crippen LogP contribution is 2.30. The summed E-state index contributed by atoms with van der Waals surface area (Å²) in [5.41, 5.74) is 1.78. The predicted molar refractivity (Wildman–Crippen MR) is 124 cm³/mol. The number of amides is 2. The fraction of sp³-hybridized carbons (Fsp3) is 0.417. The topological polar surface area (TPSA) is 111 Å². The molecule has 33 heavy (non-hydrogen) atoms. The van der Waals surface area contributed by atoms with E-state index in [0.29, 0.717) is 6.54 Å². The smallest absolute Gasteiger partial charge is 0.311 e. The molecule has 178 valence electrons. The molecular formula is C24H31N3O6. The van der Waals surface area contributed by atoms with Crippen molar-refractivity contribution >= 4 is 17.5 Å². The van der Waals surface area contributed by atoms with Gasteiger partial charge in [-0.05, 0) is 31.9 Å². The third-order valence-corrected chi connectivity index (χ3v) is 5.18. The van der Waals surface area contributed by atoms with E-state index in [1.165, 1.54) is 30.2 Å². The number of methoxy groups -OCH3 is 1. The van der Waals surface area contributed by atoms with Crippen LogP contribution in [0, 0.1) is 17.0 Å². The molecule has 2 amide bonds. The summed E-state index contributed by atoms with van der Waals surface area (Å²) < 4.78 is 10.6. The van der Waals surface area contributed by atoms with Gasteiger partial charge in [-0.25, -0.2) is 0 Å². The zero-order chi connectivity index (χ0) is 24.4. The van der Waals surface area contributed by atoms with E-state index < -0.39 is 11.0 Å². The number of hydrogen-bond acceptors (Lipinski definition) is 6. The van der Waals surface area contributed by atoms with Gasteiger partial charge in [-0.3, -0.25) is 19.7 Å². The monoisotopic (exact) mass is 457 g/mol. The number of nitrogens with zero attached hydrogens (tertiary/aromatic N) is 2. The second kappa shape index (κ2) is 12.4. The molecule has 0 spiro atoms. The third-order valence-electron chi connectivity index (χ3n) is 5.18. The average Bonchev–Trinajstić information content (AvgIpc) is 2.81. The molecule has 1 atom stereocenters. The Balaban J connectivity index is 2.15. The van der Waals surface area contributed by atoms with Gasteiger partial charge >= 0.3 is 5.69 Å². The molecule has 0 radical (unpaired) electrons. The maximum absolute atomic E-state index is 13.1. The lowest BCUT2D eigenvalue weighted by Crippen LogP contribution is -2.49. The number of benzene rings is 2. The highest BCUT2D eigenvalue weighted by Gasteiger charge is 2.26. The molecule has 0 fully saturated rings. The first kappa shape index (κ1) is 25.6. The van der Waals surface area contributed by atoms with Crippen LogP contribution in [0.5, 0.6) is 11.5 Å². The molecule has 2 rings (SSSR count). The number of carbonyl (C=O) groups excluding carboxylic acids is 2. The van der Waals surface area contributed by atoms with Crippen LogP contribution < -0.4 is 14.8 Å². The quantitative estimate of drug-likeness (QED) is 0.296. The Bertz CT molecular complexity index is 961. The van der Waals surface area contributed by atoms with E-state index >= 15 is 0 Å². The lowest BCUT2D eigenvalue weighted by atomic mass is 10.1. The van der Waals surface area contributed by atoms with Crippen molar-refractivity contribution in [2.24, 2.45) is 0 Å². The summed E-state index contributed by atoms with van der Waals surface area (Å²) in [6, 6.07) is 11.0. The van der Waals surface area contributed by atoms with Gasteiger partial charge in [0.1, 0.15) is 11.8 Å². The number of nitrogens with one attached hydrogen (secondary N) is 1. The van der Waals surface area contributed by atoms with Gasteiger partial charge in [-0.1, -0.05) is 43.2 Å². The van der Waals surface area contributed by atoms with E-state index in [1.807, 2.05) is 38.1 Å². The summed E-state index contributed by atoms with van der Waals surface area (Å²) in [4.78, 5) is 37.7. The number of aryl methyl sites for hydroxylation is 1. The zero-order valence-corrected chi connectivity index (χ0v) is 19.5. The fourth-order valence-corrected chi connectivity index (χ4v) is 3.14. The van der Waals surface area contributed by atoms with Crippen molar-refractivity contribution in [3.63, 3.8) is 0 Å². The Kier molecular flexibility index (Phi) is 9.65. The van der Waals surface area contributed by atoms with Gasteiger partial charge in [0, 0.05) is 25.2 Å². The summed E-state index contributed by atoms with van der Waals surface area (Å²) in [7, 11) is 1.32. The Labute approximate surface area is 193 Å². The van der Waals surface area contributed by atoms with Crippen LogP contribution >= 0.6 is 0 Å². The van der Waals surface area contributed by atoms with Crippen LogP contribution in [0.3, 0.4) is 0 Å². The summed E-state index contributed by atoms with van der Waals surface area (Å²) in [5, 5.41) is 13.9. The number of carbonyl (C=O) groups is 2. The SMILES string of the molecule is CCCCNC(=O)[C@@H](C)N(Cc1ccc(C)cc1)C(=O)COc1ccc([N+](=O)[O-])c(OC)c1. The van der Waals surface area contributed by atoms with E-state index in [9.17, 15) is 19.7 Å². The number of nitro benzene ring substituents is 1. The van der Waals surface area contributed by atoms with Gasteiger partial charge in [-0.2, -0.15) is 0 Å². The molecule has 0 bridgehead atoms. The molecule has 0 unspecified atom stereocenters. The number of ether oxygens (including phenoxy) is 2. The first-order chi connectivity index (χ1) is 15.8. The van der Waals surface area contributed by atoms with Crippen molar-refractivity contribution in [1.82, 2.24) is 10.2 Å². The summed E-state index contributed by atoms with van der Waals surface area (Å²) in [5.74, 6) is -0.335. The third kappa shape index (κ3) is 7.48. The standard InChI is InChI=1S/C24H31N3O6/c1-5-6-13-25-24(29)18(3)26(15-19-9-7-17(2)8-10-19)23(28)16-33-20-11-12-21(27(30)31)22(14-20)32-4/h7-12,14,18H,5-6,13,15-16H2,1-4H3,(H,25,29)/t18-/m1/s1. The second-order valence-electron chi connectivity index (χ2n) is 7.71. The van der Waals surface area contributed by atoms with Gasteiger partial charge in [-0.15, -0.1) is 0 Å². The predicted octanol–water partition coefficient (Wildman–Crippen LogP) is 3.62. The highest BCUT2D eigenvalue weighted by molar-refractivity contribution is 5.88. The maximum atomic E-state index is 13.1. The largest absolute Gasteiger partial charge is 0.490 e. The first-order valence-electron chi connectivity index (χ1n) is 10.8. The van der Waals surface area contributed by atoms with E-state index in [-0.39, 0.29) is 42.2 Å². The average molecular weight is 458 g/mol. The summed E-state index contributed by atoms with van der Waals surface area (Å²) >= 11 is 0. The van der Waals surface area contributed by atoms with Crippen LogP contribution in [0.2, 0.25) is 0 Å². The Morgan fingerprint density at radius 1 is 1.18 bits per heavy atom. The molecule has 0 saturated carbocycles. The molecule has 0 aliphatic heterocycles. The van der Waals surface area contributed by atoms with E-state index in [0.717, 1.165) is 24.0 Å². The van der Waals surface area contributed by atoms with Crippen molar-refractivity contribution in [3.8, 4) is 11.5 Å². The first-order valence-corrected chi connectivity index (χ1v) is 10.8. The normalized spacial score (nSPS) is 11.4. The molecule has 9 heteroatoms. The molecule has 2 aromatic rings. The van der Waals surface area contributed by atoms with Crippen molar-refractivity contribution < 1.29 is 24.0 Å². The molecule has 0 saturated heterocycles. The molecule has 0 heterocycles. The van der Waals surface area contributed by atoms with Crippen molar-refractivity contribution in [1.29, 1.82) is 0 Å². The highest BCUT2D eigenvalue weighted by atomic mass is 16.6. The van der Waals surface area contributed by atoms with Crippen molar-refractivity contribution in [2.75, 3.05) is 20.3 Å². The van der Waals surface area contributed by atoms with Crippen molar-refractivity contribution in [2.45, 2.75) is 46.2 Å². The van der Waals surface area contributed by atoms with Crippen molar-refractivity contribution in [3.05, 3.63) is 63.7 Å². The lowest BCUT2D eigenvalue weighted by molar-refractivity contribution is -0.385. The number of nitro groups is 1. The van der Waals surface area contributed by atoms with Gasteiger partial charge in [0.15, 0.2) is 6.61 Å². The van der Waals surface area contributed by atoms with Crippen LogP contribution in [0.4, 0.5) is 5.69 Å². The van der Waals surface area contributed by atoms with Gasteiger partial charge in [0.25, 0.3) is 5.91 Å². The van der Waals surface area contributed by atoms with E-state index in [4.69, 9.17) is 9.47 Å². The Morgan fingerprint density at radius 2 is 1.88 bits per heavy atom. The molecule has 0 aliphatic rings. The lowest BCUT2D eigenvalue weighted by Gasteiger charge is -2.28. The molecule has 1 N–H and O–H groups in total. The molecule has 0 aromatic heterocycles. The van der Waals surface area contributed by atoms with Gasteiger partial charge in [0.2, 0.25) is 11.7 Å². The summed E-state index contributed by atoms with van der Waals surface area (Å²) in [6.45, 7) is 6.15. The molecule has 0 aliphatic carbocycles. The minimum Gasteiger partial charge on any atom is -0.490 e. The van der Waals surface area contributed by atoms with E-state index in [2.05, 4.69) is 5.32 Å². The molecular weight excluding hydrogens is 426 g/mol. The molecule has 9 nitrogen and oxygen atoms in total. The minimum absolute atomic E-state index is 0.0325. The van der Waals surface area contributed by atoms with Crippen LogP contribution in [0.15, 0.2) is 42.5 Å². The van der Waals surface area contributed by atoms with Crippen LogP contribution in [-0.2, 0) is 16.1 Å². The Morgan fingerprint density at radius 3 is 2.48 bits per heavy atom. The Hall–Kier alpha value is -3.62. The van der Waals surface area contributed by atoms with Crippen LogP contribution in [0.25, 0.3) is 0 Å². The number of hydrogen-bond donors (Lipinski definition) is 1. The number of rotatable bonds is 12. The van der Waals surface area contributed by atoms with E-state index in [1.54, 1.807) is 6.92 Å². The minimum atomic E-state index is -0.703. The van der Waals surface area contributed by atoms with Gasteiger partial charge in [0.05, 0.1) is 12.0 Å². The zero-order valence-electron chi connectivity index (χ0n) is 19.5. The maximum Gasteiger partial charge on any atom is 0.311 e. The van der Waals surface area contributed by atoms with Crippen LogP contribution in [-0.4, -0.2) is 47.9 Å². The summed E-state index contributed by atoms with van der Waals surface area (Å²) in [6.07, 6.45) is 1.81. The number of unbranched alkanes of at least 4 members (excludes halogenated alkanes) is 1. The second-order valence-corrected chi connectivity index (χ2v) is 7.71. The van der Waals surface area contributed by atoms with Gasteiger partial charge < -0.3 is 19.7 Å². The molecule has 2 aromatic carbocycles. The van der Waals surface area contributed by atoms with Crippen LogP contribution in [0.1, 0.15) is 37.8 Å². The fourth-order valence-electron chi connectivity index (χ4n) is 3.14.